The number of piperazine rings is 1. The second-order valence-corrected chi connectivity index (χ2v) is 7.86. The molecule has 4 nitrogen and oxygen atoms in total. The van der Waals surface area contributed by atoms with Crippen molar-refractivity contribution >= 4 is 15.5 Å². The molecule has 0 amide bonds. The van der Waals surface area contributed by atoms with Gasteiger partial charge in [0.15, 0.2) is 0 Å². The Bertz CT molecular complexity index is 810. The van der Waals surface area contributed by atoms with Crippen molar-refractivity contribution in [2.75, 3.05) is 31.1 Å². The Morgan fingerprint density at radius 2 is 1.65 bits per heavy atom. The van der Waals surface area contributed by atoms with Gasteiger partial charge in [0.05, 0.1) is 15.5 Å². The summed E-state index contributed by atoms with van der Waals surface area (Å²) in [6.07, 6.45) is 0. The molecule has 2 aromatic rings. The third kappa shape index (κ3) is 3.12. The molecular weight excluding hydrogens is 308 g/mol. The van der Waals surface area contributed by atoms with E-state index < -0.39 is 9.84 Å². The maximum atomic E-state index is 13.2. The van der Waals surface area contributed by atoms with Crippen molar-refractivity contribution in [2.45, 2.75) is 23.6 Å². The highest BCUT2D eigenvalue weighted by molar-refractivity contribution is 7.91. The molecule has 1 N–H and O–H groups in total. The lowest BCUT2D eigenvalue weighted by molar-refractivity contribution is 0.579. The van der Waals surface area contributed by atoms with Gasteiger partial charge < -0.3 is 10.2 Å². The minimum atomic E-state index is -3.53. The van der Waals surface area contributed by atoms with Crippen molar-refractivity contribution in [2.24, 2.45) is 0 Å². The largest absolute Gasteiger partial charge is 0.368 e. The van der Waals surface area contributed by atoms with Crippen LogP contribution in [0.2, 0.25) is 0 Å². The van der Waals surface area contributed by atoms with E-state index in [4.69, 9.17) is 0 Å². The maximum Gasteiger partial charge on any atom is 0.208 e. The molecule has 0 atom stereocenters. The van der Waals surface area contributed by atoms with Crippen LogP contribution in [0, 0.1) is 13.8 Å². The van der Waals surface area contributed by atoms with Gasteiger partial charge in [-0.05, 0) is 37.6 Å². The van der Waals surface area contributed by atoms with E-state index in [9.17, 15) is 8.42 Å². The Kier molecular flexibility index (Phi) is 4.41. The fraction of sp³-hybridized carbons (Fsp3) is 0.333. The van der Waals surface area contributed by atoms with Crippen molar-refractivity contribution in [3.63, 3.8) is 0 Å². The predicted octanol–water partition coefficient (Wildman–Crippen LogP) is 2.55. The van der Waals surface area contributed by atoms with Crippen molar-refractivity contribution in [1.82, 2.24) is 5.32 Å². The van der Waals surface area contributed by atoms with Crippen LogP contribution in [0.3, 0.4) is 0 Å². The first kappa shape index (κ1) is 16.0. The van der Waals surface area contributed by atoms with E-state index in [0.717, 1.165) is 43.0 Å². The predicted molar refractivity (Wildman–Crippen MR) is 92.9 cm³/mol. The van der Waals surface area contributed by atoms with Gasteiger partial charge in [-0.25, -0.2) is 8.42 Å². The minimum absolute atomic E-state index is 0.394. The van der Waals surface area contributed by atoms with E-state index in [-0.39, 0.29) is 0 Å². The number of sulfone groups is 1. The number of benzene rings is 2. The quantitative estimate of drug-likeness (QED) is 0.940. The van der Waals surface area contributed by atoms with Gasteiger partial charge in [0, 0.05) is 26.2 Å². The first-order valence-corrected chi connectivity index (χ1v) is 9.35. The molecule has 1 aliphatic heterocycles. The number of hydrogen-bond donors (Lipinski definition) is 1. The van der Waals surface area contributed by atoms with Crippen LogP contribution in [0.25, 0.3) is 0 Å². The number of nitrogens with zero attached hydrogens (tertiary/aromatic N) is 1. The summed E-state index contributed by atoms with van der Waals surface area (Å²) >= 11 is 0. The number of hydrogen-bond acceptors (Lipinski definition) is 4. The number of para-hydroxylation sites is 1. The Hall–Kier alpha value is -1.85. The molecule has 122 valence electrons. The smallest absolute Gasteiger partial charge is 0.208 e. The van der Waals surface area contributed by atoms with Crippen LogP contribution in [-0.2, 0) is 9.84 Å². The Labute approximate surface area is 138 Å². The van der Waals surface area contributed by atoms with Crippen LogP contribution in [0.15, 0.2) is 52.3 Å². The molecule has 0 saturated carbocycles. The monoisotopic (exact) mass is 330 g/mol. The van der Waals surface area contributed by atoms with E-state index >= 15 is 0 Å². The highest BCUT2D eigenvalue weighted by Gasteiger charge is 2.25. The van der Waals surface area contributed by atoms with Crippen molar-refractivity contribution in [1.29, 1.82) is 0 Å². The standard InChI is InChI=1S/C18H22N2O2S/c1-14-7-8-17(15(2)13-14)23(21,22)18-6-4-3-5-16(18)20-11-9-19-10-12-20/h3-8,13,19H,9-12H2,1-2H3. The summed E-state index contributed by atoms with van der Waals surface area (Å²) < 4.78 is 26.4. The van der Waals surface area contributed by atoms with Gasteiger partial charge in [-0.3, -0.25) is 0 Å². The summed E-state index contributed by atoms with van der Waals surface area (Å²) in [7, 11) is -3.53. The second kappa shape index (κ2) is 6.34. The van der Waals surface area contributed by atoms with Gasteiger partial charge in [-0.2, -0.15) is 0 Å². The molecule has 1 saturated heterocycles. The lowest BCUT2D eigenvalue weighted by Crippen LogP contribution is -2.44. The van der Waals surface area contributed by atoms with Gasteiger partial charge in [-0.15, -0.1) is 0 Å². The molecule has 0 unspecified atom stereocenters. The number of anilines is 1. The Morgan fingerprint density at radius 1 is 0.957 bits per heavy atom. The lowest BCUT2D eigenvalue weighted by atomic mass is 10.2. The second-order valence-electron chi connectivity index (χ2n) is 5.98. The van der Waals surface area contributed by atoms with E-state index in [1.54, 1.807) is 18.2 Å². The van der Waals surface area contributed by atoms with E-state index in [1.807, 2.05) is 38.1 Å². The summed E-state index contributed by atoms with van der Waals surface area (Å²) in [6.45, 7) is 7.21. The zero-order valence-corrected chi connectivity index (χ0v) is 14.4. The number of aryl methyl sites for hydroxylation is 2. The van der Waals surface area contributed by atoms with Gasteiger partial charge in [0.2, 0.25) is 9.84 Å². The summed E-state index contributed by atoms with van der Waals surface area (Å²) in [4.78, 5) is 2.94. The maximum absolute atomic E-state index is 13.2. The van der Waals surface area contributed by atoms with Crippen LogP contribution < -0.4 is 10.2 Å². The van der Waals surface area contributed by atoms with E-state index in [0.29, 0.717) is 9.79 Å². The van der Waals surface area contributed by atoms with Crippen LogP contribution in [0.4, 0.5) is 5.69 Å². The average Bonchev–Trinajstić information content (AvgIpc) is 2.55. The Morgan fingerprint density at radius 3 is 2.35 bits per heavy atom. The molecule has 1 fully saturated rings. The van der Waals surface area contributed by atoms with Crippen molar-refractivity contribution in [3.05, 3.63) is 53.6 Å². The molecule has 0 spiro atoms. The van der Waals surface area contributed by atoms with E-state index in [2.05, 4.69) is 10.2 Å². The SMILES string of the molecule is Cc1ccc(S(=O)(=O)c2ccccc2N2CCNCC2)c(C)c1. The van der Waals surface area contributed by atoms with Gasteiger partial charge >= 0.3 is 0 Å². The highest BCUT2D eigenvalue weighted by Crippen LogP contribution is 2.32. The molecule has 1 aliphatic rings. The summed E-state index contributed by atoms with van der Waals surface area (Å²) in [5, 5.41) is 3.30. The summed E-state index contributed by atoms with van der Waals surface area (Å²) in [5.74, 6) is 0. The molecule has 0 bridgehead atoms. The third-order valence-electron chi connectivity index (χ3n) is 4.23. The highest BCUT2D eigenvalue weighted by atomic mass is 32.2. The molecule has 3 rings (SSSR count). The molecule has 0 radical (unpaired) electrons. The fourth-order valence-electron chi connectivity index (χ4n) is 3.07. The average molecular weight is 330 g/mol. The van der Waals surface area contributed by atoms with Gasteiger partial charge in [0.25, 0.3) is 0 Å². The van der Waals surface area contributed by atoms with Crippen LogP contribution in [-0.4, -0.2) is 34.6 Å². The molecule has 2 aromatic carbocycles. The minimum Gasteiger partial charge on any atom is -0.368 e. The van der Waals surface area contributed by atoms with Crippen LogP contribution in [0.5, 0.6) is 0 Å². The van der Waals surface area contributed by atoms with Crippen LogP contribution in [0.1, 0.15) is 11.1 Å². The Balaban J connectivity index is 2.10. The summed E-state index contributed by atoms with van der Waals surface area (Å²) in [6, 6.07) is 12.8. The molecule has 0 aliphatic carbocycles. The first-order valence-electron chi connectivity index (χ1n) is 7.87. The molecule has 23 heavy (non-hydrogen) atoms. The van der Waals surface area contributed by atoms with E-state index in [1.165, 1.54) is 0 Å². The first-order chi connectivity index (χ1) is 11.0. The van der Waals surface area contributed by atoms with Crippen molar-refractivity contribution in [3.8, 4) is 0 Å². The third-order valence-corrected chi connectivity index (χ3v) is 6.19. The fourth-order valence-corrected chi connectivity index (χ4v) is 4.77. The molecular formula is C18H22N2O2S. The zero-order valence-electron chi connectivity index (χ0n) is 13.5. The molecule has 5 heteroatoms. The normalized spacial score (nSPS) is 15.7. The van der Waals surface area contributed by atoms with Gasteiger partial charge in [0.1, 0.15) is 0 Å². The van der Waals surface area contributed by atoms with Crippen molar-refractivity contribution < 1.29 is 8.42 Å². The van der Waals surface area contributed by atoms with Crippen LogP contribution >= 0.6 is 0 Å². The van der Waals surface area contributed by atoms with Gasteiger partial charge in [-0.1, -0.05) is 29.8 Å². The zero-order chi connectivity index (χ0) is 16.4. The molecule has 0 aromatic heterocycles. The number of rotatable bonds is 3. The number of nitrogens with one attached hydrogen (secondary N) is 1. The lowest BCUT2D eigenvalue weighted by Gasteiger charge is -2.31. The molecule has 1 heterocycles. The summed E-state index contributed by atoms with van der Waals surface area (Å²) in [5.41, 5.74) is 2.66. The topological polar surface area (TPSA) is 49.4 Å².